The molecule has 0 aliphatic heterocycles. The first kappa shape index (κ1) is 14.8. The van der Waals surface area contributed by atoms with Crippen LogP contribution in [0.25, 0.3) is 0 Å². The van der Waals surface area contributed by atoms with Gasteiger partial charge in [0.15, 0.2) is 0 Å². The second-order valence-electron chi connectivity index (χ2n) is 4.37. The fraction of sp³-hybridized carbons (Fsp3) is 0.500. The third kappa shape index (κ3) is 3.39. The molecule has 18 heavy (non-hydrogen) atoms. The van der Waals surface area contributed by atoms with Gasteiger partial charge in [-0.2, -0.15) is 0 Å². The summed E-state index contributed by atoms with van der Waals surface area (Å²) in [5, 5.41) is 0.517. The van der Waals surface area contributed by atoms with Gasteiger partial charge in [-0.25, -0.2) is 4.79 Å². The molecule has 0 aromatic heterocycles. The predicted octanol–water partition coefficient (Wildman–Crippen LogP) is 4.04. The van der Waals surface area contributed by atoms with E-state index in [1.54, 1.807) is 6.07 Å². The van der Waals surface area contributed by atoms with E-state index in [2.05, 4.69) is 0 Å². The molecule has 0 fully saturated rings. The van der Waals surface area contributed by atoms with Crippen LogP contribution in [0.1, 0.15) is 49.0 Å². The van der Waals surface area contributed by atoms with Crippen molar-refractivity contribution in [2.24, 2.45) is 0 Å². The maximum Gasteiger partial charge on any atom is 0.341 e. The van der Waals surface area contributed by atoms with Gasteiger partial charge >= 0.3 is 5.97 Å². The average molecular weight is 271 g/mol. The Labute approximate surface area is 113 Å². The van der Waals surface area contributed by atoms with Gasteiger partial charge in [-0.15, -0.1) is 0 Å². The van der Waals surface area contributed by atoms with Crippen LogP contribution < -0.4 is 4.74 Å². The van der Waals surface area contributed by atoms with Gasteiger partial charge in [-0.3, -0.25) is 0 Å². The van der Waals surface area contributed by atoms with E-state index in [-0.39, 0.29) is 5.92 Å². The summed E-state index contributed by atoms with van der Waals surface area (Å²) in [4.78, 5) is 11.8. The molecule has 0 saturated carbocycles. The van der Waals surface area contributed by atoms with Crippen LogP contribution in [0, 0.1) is 0 Å². The first-order chi connectivity index (χ1) is 8.51. The van der Waals surface area contributed by atoms with Crippen LogP contribution >= 0.6 is 11.6 Å². The van der Waals surface area contributed by atoms with Crippen LogP contribution in [0.5, 0.6) is 5.75 Å². The third-order valence-electron chi connectivity index (χ3n) is 2.56. The van der Waals surface area contributed by atoms with Crippen LogP contribution in [0.3, 0.4) is 0 Å². The zero-order chi connectivity index (χ0) is 13.7. The number of carbonyl (C=O) groups is 1. The lowest BCUT2D eigenvalue weighted by molar-refractivity contribution is 0.0595. The van der Waals surface area contributed by atoms with Gasteiger partial charge in [0.2, 0.25) is 0 Å². The summed E-state index contributed by atoms with van der Waals surface area (Å²) in [6, 6.07) is 3.42. The lowest BCUT2D eigenvalue weighted by atomic mass is 9.99. The van der Waals surface area contributed by atoms with Gasteiger partial charge in [0.05, 0.1) is 13.7 Å². The first-order valence-electron chi connectivity index (χ1n) is 6.05. The van der Waals surface area contributed by atoms with Gasteiger partial charge in [-0.05, 0) is 30.0 Å². The Hall–Kier alpha value is -1.22. The van der Waals surface area contributed by atoms with Gasteiger partial charge < -0.3 is 9.47 Å². The van der Waals surface area contributed by atoms with Crippen molar-refractivity contribution in [1.82, 2.24) is 0 Å². The molecule has 0 amide bonds. The van der Waals surface area contributed by atoms with E-state index < -0.39 is 5.97 Å². The summed E-state index contributed by atoms with van der Waals surface area (Å²) in [6.07, 6.45) is 0.876. The van der Waals surface area contributed by atoms with Crippen molar-refractivity contribution in [3.63, 3.8) is 0 Å². The molecule has 4 heteroatoms. The molecule has 0 saturated heterocycles. The Bertz CT molecular complexity index is 427. The molecular formula is C14H19ClO3. The van der Waals surface area contributed by atoms with Crippen LogP contribution in [-0.2, 0) is 4.74 Å². The fourth-order valence-corrected chi connectivity index (χ4v) is 1.90. The third-order valence-corrected chi connectivity index (χ3v) is 2.78. The minimum absolute atomic E-state index is 0.221. The van der Waals surface area contributed by atoms with Crippen LogP contribution in [0.15, 0.2) is 12.1 Å². The molecular weight excluding hydrogens is 252 g/mol. The van der Waals surface area contributed by atoms with E-state index in [9.17, 15) is 4.79 Å². The number of ether oxygens (including phenoxy) is 2. The summed E-state index contributed by atoms with van der Waals surface area (Å²) in [5.74, 6) is 0.382. The van der Waals surface area contributed by atoms with Crippen molar-refractivity contribution in [3.05, 3.63) is 28.3 Å². The average Bonchev–Trinajstić information content (AvgIpc) is 2.35. The molecule has 100 valence electrons. The Morgan fingerprint density at radius 1 is 1.39 bits per heavy atom. The molecule has 1 aromatic carbocycles. The van der Waals surface area contributed by atoms with E-state index in [4.69, 9.17) is 21.1 Å². The molecule has 0 spiro atoms. The lowest BCUT2D eigenvalue weighted by Crippen LogP contribution is -2.09. The van der Waals surface area contributed by atoms with Gasteiger partial charge in [0.1, 0.15) is 11.3 Å². The maximum atomic E-state index is 11.8. The van der Waals surface area contributed by atoms with Crippen molar-refractivity contribution in [2.45, 2.75) is 33.1 Å². The predicted molar refractivity (Wildman–Crippen MR) is 72.7 cm³/mol. The molecule has 3 nitrogen and oxygen atoms in total. The molecule has 0 radical (unpaired) electrons. The Balaban J connectivity index is 3.32. The van der Waals surface area contributed by atoms with Gasteiger partial charge in [0.25, 0.3) is 0 Å². The zero-order valence-electron chi connectivity index (χ0n) is 11.2. The summed E-state index contributed by atoms with van der Waals surface area (Å²) in [5.41, 5.74) is 1.32. The molecule has 0 bridgehead atoms. The highest BCUT2D eigenvalue weighted by Gasteiger charge is 2.20. The normalized spacial score (nSPS) is 10.6. The standard InChI is InChI=1S/C14H19ClO3/c1-5-6-18-13-11(9(2)3)7-10(15)8-12(13)14(16)17-4/h7-9H,5-6H2,1-4H3. The van der Waals surface area contributed by atoms with E-state index in [1.807, 2.05) is 26.8 Å². The highest BCUT2D eigenvalue weighted by molar-refractivity contribution is 6.31. The van der Waals surface area contributed by atoms with E-state index in [1.165, 1.54) is 7.11 Å². The number of carbonyl (C=O) groups excluding carboxylic acids is 1. The number of hydrogen-bond acceptors (Lipinski definition) is 3. The summed E-state index contributed by atoms with van der Waals surface area (Å²) in [7, 11) is 1.35. The monoisotopic (exact) mass is 270 g/mol. The molecule has 1 rings (SSSR count). The lowest BCUT2D eigenvalue weighted by Gasteiger charge is -2.17. The van der Waals surface area contributed by atoms with Crippen molar-refractivity contribution in [1.29, 1.82) is 0 Å². The minimum atomic E-state index is -0.425. The molecule has 1 aromatic rings. The van der Waals surface area contributed by atoms with Crippen LogP contribution in [-0.4, -0.2) is 19.7 Å². The van der Waals surface area contributed by atoms with Crippen molar-refractivity contribution in [2.75, 3.05) is 13.7 Å². The number of halogens is 1. The van der Waals surface area contributed by atoms with E-state index in [0.717, 1.165) is 12.0 Å². The van der Waals surface area contributed by atoms with E-state index in [0.29, 0.717) is 22.9 Å². The van der Waals surface area contributed by atoms with Gasteiger partial charge in [0, 0.05) is 5.02 Å². The second-order valence-corrected chi connectivity index (χ2v) is 4.80. The second kappa shape index (κ2) is 6.64. The SMILES string of the molecule is CCCOc1c(C(=O)OC)cc(Cl)cc1C(C)C. The number of rotatable bonds is 5. The van der Waals surface area contributed by atoms with Crippen molar-refractivity contribution >= 4 is 17.6 Å². The van der Waals surface area contributed by atoms with E-state index >= 15 is 0 Å². The topological polar surface area (TPSA) is 35.5 Å². The highest BCUT2D eigenvalue weighted by Crippen LogP contribution is 2.34. The smallest absolute Gasteiger partial charge is 0.341 e. The fourth-order valence-electron chi connectivity index (χ4n) is 1.67. The summed E-state index contributed by atoms with van der Waals surface area (Å²) < 4.78 is 10.5. The van der Waals surface area contributed by atoms with Crippen LogP contribution in [0.2, 0.25) is 5.02 Å². The molecule has 0 unspecified atom stereocenters. The Morgan fingerprint density at radius 3 is 2.56 bits per heavy atom. The minimum Gasteiger partial charge on any atom is -0.492 e. The molecule has 0 heterocycles. The summed E-state index contributed by atoms with van der Waals surface area (Å²) in [6.45, 7) is 6.64. The number of benzene rings is 1. The summed E-state index contributed by atoms with van der Waals surface area (Å²) >= 11 is 6.04. The van der Waals surface area contributed by atoms with Crippen molar-refractivity contribution < 1.29 is 14.3 Å². The Morgan fingerprint density at radius 2 is 2.06 bits per heavy atom. The van der Waals surface area contributed by atoms with Crippen LogP contribution in [0.4, 0.5) is 0 Å². The molecule has 0 aliphatic carbocycles. The van der Waals surface area contributed by atoms with Crippen molar-refractivity contribution in [3.8, 4) is 5.75 Å². The zero-order valence-corrected chi connectivity index (χ0v) is 12.0. The van der Waals surface area contributed by atoms with Gasteiger partial charge in [-0.1, -0.05) is 32.4 Å². The highest BCUT2D eigenvalue weighted by atomic mass is 35.5. The number of hydrogen-bond donors (Lipinski definition) is 0. The maximum absolute atomic E-state index is 11.8. The molecule has 0 atom stereocenters. The largest absolute Gasteiger partial charge is 0.492 e. The Kier molecular flexibility index (Phi) is 5.48. The molecule has 0 aliphatic rings. The number of esters is 1. The first-order valence-corrected chi connectivity index (χ1v) is 6.43. The number of methoxy groups -OCH3 is 1. The molecule has 0 N–H and O–H groups in total. The quantitative estimate of drug-likeness (QED) is 0.758.